The molecule has 0 aromatic heterocycles. The first-order chi connectivity index (χ1) is 16.3. The minimum atomic E-state index is -1.37. The van der Waals surface area contributed by atoms with Crippen molar-refractivity contribution in [3.8, 4) is 11.5 Å². The van der Waals surface area contributed by atoms with Crippen molar-refractivity contribution in [3.05, 3.63) is 88.5 Å². The lowest BCUT2D eigenvalue weighted by atomic mass is 9.67. The van der Waals surface area contributed by atoms with Gasteiger partial charge in [0.2, 0.25) is 5.91 Å². The fourth-order valence-corrected chi connectivity index (χ4v) is 5.17. The number of phenols is 2. The van der Waals surface area contributed by atoms with E-state index in [2.05, 4.69) is 41.5 Å². The summed E-state index contributed by atoms with van der Waals surface area (Å²) >= 11 is 0. The lowest BCUT2D eigenvalue weighted by Gasteiger charge is -2.34. The van der Waals surface area contributed by atoms with Crippen LogP contribution >= 0.6 is 0 Å². The number of aromatic hydroxyl groups is 2. The third-order valence-corrected chi connectivity index (χ3v) is 7.15. The summed E-state index contributed by atoms with van der Waals surface area (Å²) in [5, 5.41) is 22.6. The van der Waals surface area contributed by atoms with E-state index in [0.717, 1.165) is 28.8 Å². The maximum atomic E-state index is 14.6. The summed E-state index contributed by atoms with van der Waals surface area (Å²) in [5.41, 5.74) is 2.87. The van der Waals surface area contributed by atoms with Gasteiger partial charge in [-0.15, -0.1) is 0 Å². The molecule has 0 aliphatic carbocycles. The summed E-state index contributed by atoms with van der Waals surface area (Å²) in [6, 6.07) is 18.8. The molecule has 3 aromatic rings. The number of hydrogen-bond acceptors (Lipinski definition) is 3. The number of anilines is 1. The van der Waals surface area contributed by atoms with Crippen molar-refractivity contribution in [2.24, 2.45) is 0 Å². The van der Waals surface area contributed by atoms with E-state index in [-0.39, 0.29) is 28.2 Å². The van der Waals surface area contributed by atoms with E-state index in [4.69, 9.17) is 0 Å². The molecule has 4 nitrogen and oxygen atoms in total. The molecule has 1 amide bonds. The lowest BCUT2D eigenvalue weighted by molar-refractivity contribution is -0.120. The number of carbonyl (C=O) groups is 1. The maximum Gasteiger partial charge on any atom is 0.247 e. The fourth-order valence-electron chi connectivity index (χ4n) is 5.17. The van der Waals surface area contributed by atoms with Gasteiger partial charge < -0.3 is 15.1 Å². The minimum absolute atomic E-state index is 0.0417. The van der Waals surface area contributed by atoms with Gasteiger partial charge in [-0.25, -0.2) is 0 Å². The second kappa shape index (κ2) is 8.44. The topological polar surface area (TPSA) is 60.8 Å². The van der Waals surface area contributed by atoms with Crippen LogP contribution in [0.3, 0.4) is 0 Å². The van der Waals surface area contributed by atoms with Gasteiger partial charge in [-0.2, -0.15) is 0 Å². The molecule has 1 heterocycles. The van der Waals surface area contributed by atoms with Gasteiger partial charge in [0.05, 0.1) is 0 Å². The highest BCUT2D eigenvalue weighted by atomic mass is 16.3. The molecule has 0 bridgehead atoms. The molecule has 0 saturated heterocycles. The Bertz CT molecular complexity index is 1210. The van der Waals surface area contributed by atoms with Gasteiger partial charge in [0, 0.05) is 28.9 Å². The predicted octanol–water partition coefficient (Wildman–Crippen LogP) is 6.78. The van der Waals surface area contributed by atoms with Gasteiger partial charge in [0.15, 0.2) is 0 Å². The molecule has 1 aliphatic rings. The SMILES string of the molecule is CCCN1C(=O)C(c2cc(C(C)(C)C)ccc2O)(c2cc(C(C)(C)C)ccc2O)c2ccccc21. The van der Waals surface area contributed by atoms with E-state index in [9.17, 15) is 15.0 Å². The molecule has 0 saturated carbocycles. The standard InChI is InChI=1S/C31H37NO3/c1-8-17-32-25-12-10-9-11-22(25)31(28(32)35,23-18-20(29(2,3)4)13-15-26(23)33)24-19-21(30(5,6)7)14-16-27(24)34/h9-16,18-19,33-34H,8,17H2,1-7H3. The molecule has 1 aliphatic heterocycles. The average molecular weight is 472 g/mol. The zero-order valence-corrected chi connectivity index (χ0v) is 21.9. The fraction of sp³-hybridized carbons (Fsp3) is 0.387. The second-order valence-electron chi connectivity index (χ2n) is 11.7. The van der Waals surface area contributed by atoms with Crippen LogP contribution in [-0.4, -0.2) is 22.7 Å². The van der Waals surface area contributed by atoms with Gasteiger partial charge in [-0.1, -0.05) is 78.8 Å². The number of fused-ring (bicyclic) bond motifs is 1. The zero-order chi connectivity index (χ0) is 25.8. The number of para-hydroxylation sites is 1. The Kier molecular flexibility index (Phi) is 5.99. The lowest BCUT2D eigenvalue weighted by Crippen LogP contribution is -2.43. The molecule has 35 heavy (non-hydrogen) atoms. The molecule has 0 spiro atoms. The number of carbonyl (C=O) groups excluding carboxylic acids is 1. The molecule has 0 radical (unpaired) electrons. The van der Waals surface area contributed by atoms with Crippen LogP contribution in [0.25, 0.3) is 0 Å². The van der Waals surface area contributed by atoms with Crippen LogP contribution in [-0.2, 0) is 21.0 Å². The van der Waals surface area contributed by atoms with Crippen LogP contribution in [0.5, 0.6) is 11.5 Å². The van der Waals surface area contributed by atoms with Crippen LogP contribution in [0, 0.1) is 0 Å². The number of amides is 1. The van der Waals surface area contributed by atoms with Crippen molar-refractivity contribution in [2.75, 3.05) is 11.4 Å². The molecule has 2 N–H and O–H groups in total. The third kappa shape index (κ3) is 3.89. The van der Waals surface area contributed by atoms with E-state index in [0.29, 0.717) is 17.7 Å². The Labute approximate surface area is 209 Å². The summed E-state index contributed by atoms with van der Waals surface area (Å²) in [6.07, 6.45) is 0.790. The number of nitrogens with zero attached hydrogens (tertiary/aromatic N) is 1. The van der Waals surface area contributed by atoms with Crippen molar-refractivity contribution < 1.29 is 15.0 Å². The Hall–Kier alpha value is -3.27. The van der Waals surface area contributed by atoms with E-state index in [1.54, 1.807) is 12.1 Å². The van der Waals surface area contributed by atoms with E-state index in [1.165, 1.54) is 0 Å². The molecule has 0 atom stereocenters. The Morgan fingerprint density at radius 2 is 1.23 bits per heavy atom. The van der Waals surface area contributed by atoms with E-state index in [1.807, 2.05) is 60.4 Å². The van der Waals surface area contributed by atoms with Crippen molar-refractivity contribution in [2.45, 2.75) is 71.1 Å². The van der Waals surface area contributed by atoms with Crippen molar-refractivity contribution in [1.82, 2.24) is 0 Å². The number of benzene rings is 3. The summed E-state index contributed by atoms with van der Waals surface area (Å²) in [7, 11) is 0. The van der Waals surface area contributed by atoms with Gasteiger partial charge in [-0.05, 0) is 58.7 Å². The van der Waals surface area contributed by atoms with E-state index >= 15 is 0 Å². The monoisotopic (exact) mass is 471 g/mol. The summed E-state index contributed by atoms with van der Waals surface area (Å²) in [5.74, 6) is -0.0663. The molecule has 0 unspecified atom stereocenters. The van der Waals surface area contributed by atoms with Gasteiger partial charge in [0.25, 0.3) is 0 Å². The number of rotatable bonds is 4. The van der Waals surface area contributed by atoms with Crippen LogP contribution in [0.1, 0.15) is 82.7 Å². The molecule has 184 valence electrons. The second-order valence-corrected chi connectivity index (χ2v) is 11.7. The molecule has 4 rings (SSSR count). The Morgan fingerprint density at radius 3 is 1.69 bits per heavy atom. The average Bonchev–Trinajstić information content (AvgIpc) is 3.02. The van der Waals surface area contributed by atoms with Crippen LogP contribution < -0.4 is 4.90 Å². The van der Waals surface area contributed by atoms with Crippen LogP contribution in [0.4, 0.5) is 5.69 Å². The van der Waals surface area contributed by atoms with Gasteiger partial charge in [0.1, 0.15) is 16.9 Å². The summed E-state index contributed by atoms with van der Waals surface area (Å²) in [6.45, 7) is 15.3. The largest absolute Gasteiger partial charge is 0.508 e. The van der Waals surface area contributed by atoms with Crippen molar-refractivity contribution >= 4 is 11.6 Å². The zero-order valence-electron chi connectivity index (χ0n) is 21.9. The normalized spacial score (nSPS) is 15.4. The molecule has 0 fully saturated rings. The van der Waals surface area contributed by atoms with Crippen LogP contribution in [0.15, 0.2) is 60.7 Å². The maximum absolute atomic E-state index is 14.6. The first kappa shape index (κ1) is 24.8. The van der Waals surface area contributed by atoms with Crippen molar-refractivity contribution in [3.63, 3.8) is 0 Å². The molecule has 4 heteroatoms. The Balaban J connectivity index is 2.19. The summed E-state index contributed by atoms with van der Waals surface area (Å²) < 4.78 is 0. The van der Waals surface area contributed by atoms with Crippen molar-refractivity contribution in [1.29, 1.82) is 0 Å². The Morgan fingerprint density at radius 1 is 0.743 bits per heavy atom. The number of hydrogen-bond donors (Lipinski definition) is 2. The van der Waals surface area contributed by atoms with E-state index < -0.39 is 5.41 Å². The smallest absolute Gasteiger partial charge is 0.247 e. The predicted molar refractivity (Wildman–Crippen MR) is 143 cm³/mol. The quantitative estimate of drug-likeness (QED) is 0.441. The molecular formula is C31H37NO3. The highest BCUT2D eigenvalue weighted by Crippen LogP contribution is 2.55. The number of phenolic OH excluding ortho intramolecular Hbond substituents is 2. The minimum Gasteiger partial charge on any atom is -0.508 e. The third-order valence-electron chi connectivity index (χ3n) is 7.15. The molecular weight excluding hydrogens is 434 g/mol. The first-order valence-corrected chi connectivity index (χ1v) is 12.4. The highest BCUT2D eigenvalue weighted by Gasteiger charge is 2.55. The van der Waals surface area contributed by atoms with Gasteiger partial charge in [-0.3, -0.25) is 4.79 Å². The first-order valence-electron chi connectivity index (χ1n) is 12.4. The summed E-state index contributed by atoms with van der Waals surface area (Å²) in [4.78, 5) is 16.4. The van der Waals surface area contributed by atoms with Crippen LogP contribution in [0.2, 0.25) is 0 Å². The highest BCUT2D eigenvalue weighted by molar-refractivity contribution is 6.13. The molecule has 3 aromatic carbocycles. The van der Waals surface area contributed by atoms with Gasteiger partial charge >= 0.3 is 0 Å².